The summed E-state index contributed by atoms with van der Waals surface area (Å²) in [4.78, 5) is 25.5. The predicted molar refractivity (Wildman–Crippen MR) is 208 cm³/mol. The molecule has 0 amide bonds. The van der Waals surface area contributed by atoms with E-state index in [1.807, 2.05) is 0 Å². The van der Waals surface area contributed by atoms with Crippen molar-refractivity contribution in [3.63, 3.8) is 0 Å². The molecule has 0 aromatic heterocycles. The molecule has 0 N–H and O–H groups in total. The zero-order valence-corrected chi connectivity index (χ0v) is 34.5. The van der Waals surface area contributed by atoms with Crippen LogP contribution in [-0.4, -0.2) is 43.8 Å². The van der Waals surface area contributed by atoms with Crippen molar-refractivity contribution in [3.05, 3.63) is 24.3 Å². The lowest BCUT2D eigenvalue weighted by Crippen LogP contribution is -2.32. The summed E-state index contributed by atoms with van der Waals surface area (Å²) >= 11 is 0. The van der Waals surface area contributed by atoms with Crippen molar-refractivity contribution < 1.29 is 42.1 Å². The minimum absolute atomic E-state index is 0.147. The molecule has 4 unspecified atom stereocenters. The van der Waals surface area contributed by atoms with Gasteiger partial charge >= 0.3 is 19.5 Å². The highest BCUT2D eigenvalue weighted by atomic mass is 31.2. The molecule has 4 atom stereocenters. The summed E-state index contributed by atoms with van der Waals surface area (Å²) in [6.07, 6.45) is 20.5. The quantitative estimate of drug-likeness (QED) is 0.0202. The average molecular weight is 745 g/mol. The number of esters is 2. The molecule has 0 fully saturated rings. The van der Waals surface area contributed by atoms with Crippen molar-refractivity contribution in [2.75, 3.05) is 13.2 Å². The van der Waals surface area contributed by atoms with Gasteiger partial charge in [-0.05, 0) is 39.5 Å². The Balaban J connectivity index is 6.44. The SMILES string of the molecule is C=C(C)C(=O)OC(CCCCCCC)OC(OCCCCCCCC)P(=O)(OCCCCCCCC)OC(CCCCCCC)OC(=O)C(=C)C. The van der Waals surface area contributed by atoms with Crippen molar-refractivity contribution in [1.82, 2.24) is 0 Å². The Kier molecular flexibility index (Phi) is 32.1. The highest BCUT2D eigenvalue weighted by Crippen LogP contribution is 2.56. The van der Waals surface area contributed by atoms with E-state index in [2.05, 4.69) is 40.9 Å². The van der Waals surface area contributed by atoms with E-state index in [-0.39, 0.29) is 24.4 Å². The van der Waals surface area contributed by atoms with Crippen LogP contribution in [-0.2, 0) is 42.1 Å². The normalized spacial score (nSPS) is 14.4. The van der Waals surface area contributed by atoms with Gasteiger partial charge in [0.1, 0.15) is 0 Å². The minimum Gasteiger partial charge on any atom is -0.432 e. The molecule has 0 heterocycles. The number of ether oxygens (including phenoxy) is 4. The molecular weight excluding hydrogens is 667 g/mol. The van der Waals surface area contributed by atoms with E-state index in [0.29, 0.717) is 25.7 Å². The molecule has 0 aromatic carbocycles. The van der Waals surface area contributed by atoms with Crippen molar-refractivity contribution in [1.29, 1.82) is 0 Å². The first-order valence-electron chi connectivity index (χ1n) is 20.5. The lowest BCUT2D eigenvalue weighted by molar-refractivity contribution is -0.224. The molecule has 300 valence electrons. The van der Waals surface area contributed by atoms with Gasteiger partial charge in [0, 0.05) is 24.0 Å². The number of unbranched alkanes of at least 4 members (excludes halogenated alkanes) is 18. The van der Waals surface area contributed by atoms with Crippen LogP contribution in [0, 0.1) is 0 Å². The van der Waals surface area contributed by atoms with Gasteiger partial charge in [-0.15, -0.1) is 0 Å². The van der Waals surface area contributed by atoms with Crippen LogP contribution >= 0.6 is 7.60 Å². The van der Waals surface area contributed by atoms with Crippen molar-refractivity contribution in [2.45, 2.75) is 214 Å². The summed E-state index contributed by atoms with van der Waals surface area (Å²) in [5, 5.41) is 0. The molecule has 9 nitrogen and oxygen atoms in total. The van der Waals surface area contributed by atoms with Gasteiger partial charge in [-0.3, -0.25) is 9.09 Å². The van der Waals surface area contributed by atoms with Crippen LogP contribution < -0.4 is 0 Å². The van der Waals surface area contributed by atoms with Crippen molar-refractivity contribution in [2.24, 2.45) is 0 Å². The van der Waals surface area contributed by atoms with E-state index >= 15 is 4.57 Å². The standard InChI is InChI=1S/C41H77O9P/c1-9-13-17-21-25-29-33-45-41(49-37(47-39(42)35(5)6)31-27-23-19-15-11-3)51(44,46-34-30-26-22-18-14-10-2)50-38(48-40(43)36(7)8)32-28-24-20-16-12-4/h37-38,41H,5,7,9-34H2,1-4,6,8H3. The zero-order valence-electron chi connectivity index (χ0n) is 33.7. The fourth-order valence-electron chi connectivity index (χ4n) is 5.34. The first kappa shape index (κ1) is 49.5. The maximum Gasteiger partial charge on any atom is 0.389 e. The summed E-state index contributed by atoms with van der Waals surface area (Å²) in [5.41, 5.74) is 0.437. The van der Waals surface area contributed by atoms with E-state index < -0.39 is 38.1 Å². The van der Waals surface area contributed by atoms with E-state index in [1.165, 1.54) is 12.8 Å². The maximum atomic E-state index is 15.1. The fourth-order valence-corrected chi connectivity index (χ4v) is 7.05. The highest BCUT2D eigenvalue weighted by Gasteiger charge is 2.44. The third-order valence-corrected chi connectivity index (χ3v) is 10.4. The Labute approximate surface area is 312 Å². The van der Waals surface area contributed by atoms with Gasteiger partial charge in [0.25, 0.3) is 6.03 Å². The van der Waals surface area contributed by atoms with Crippen LogP contribution in [0.3, 0.4) is 0 Å². The summed E-state index contributed by atoms with van der Waals surface area (Å²) < 4.78 is 51.4. The minimum atomic E-state index is -4.30. The number of rotatable bonds is 37. The van der Waals surface area contributed by atoms with E-state index in [9.17, 15) is 9.59 Å². The Hall–Kier alpha value is -1.51. The predicted octanol–water partition coefficient (Wildman–Crippen LogP) is 12.9. The van der Waals surface area contributed by atoms with Gasteiger partial charge < -0.3 is 23.5 Å². The van der Waals surface area contributed by atoms with E-state index in [0.717, 1.165) is 116 Å². The first-order valence-corrected chi connectivity index (χ1v) is 22.1. The van der Waals surface area contributed by atoms with Gasteiger partial charge in [0.15, 0.2) is 0 Å². The van der Waals surface area contributed by atoms with Crippen LogP contribution in [0.15, 0.2) is 24.3 Å². The van der Waals surface area contributed by atoms with Crippen LogP contribution in [0.1, 0.15) is 196 Å². The smallest absolute Gasteiger partial charge is 0.389 e. The summed E-state index contributed by atoms with van der Waals surface area (Å²) in [6, 6.07) is -1.50. The van der Waals surface area contributed by atoms with Crippen molar-refractivity contribution in [3.8, 4) is 0 Å². The fraction of sp³-hybridized carbons (Fsp3) is 0.854. The zero-order chi connectivity index (χ0) is 38.2. The van der Waals surface area contributed by atoms with Crippen LogP contribution in [0.25, 0.3) is 0 Å². The Morgan fingerprint density at radius 1 is 0.529 bits per heavy atom. The summed E-state index contributed by atoms with van der Waals surface area (Å²) in [6.45, 7) is 19.6. The molecule has 0 aliphatic carbocycles. The second kappa shape index (κ2) is 33.1. The molecule has 10 heteroatoms. The molecule has 0 saturated carbocycles. The molecule has 0 aromatic rings. The maximum absolute atomic E-state index is 15.1. The largest absolute Gasteiger partial charge is 0.432 e. The third-order valence-electron chi connectivity index (χ3n) is 8.58. The molecule has 0 spiro atoms. The molecule has 0 aliphatic heterocycles. The van der Waals surface area contributed by atoms with Crippen molar-refractivity contribution >= 4 is 19.5 Å². The lowest BCUT2D eigenvalue weighted by atomic mass is 10.1. The van der Waals surface area contributed by atoms with Gasteiger partial charge in [-0.2, -0.15) is 0 Å². The number of carbonyl (C=O) groups excluding carboxylic acids is 2. The Morgan fingerprint density at radius 3 is 1.35 bits per heavy atom. The second-order valence-corrected chi connectivity index (χ2v) is 15.9. The molecule has 0 radical (unpaired) electrons. The summed E-state index contributed by atoms with van der Waals surface area (Å²) in [5.74, 6) is -1.24. The lowest BCUT2D eigenvalue weighted by Gasteiger charge is -2.32. The average Bonchev–Trinajstić information content (AvgIpc) is 3.09. The van der Waals surface area contributed by atoms with Crippen LogP contribution in [0.5, 0.6) is 0 Å². The van der Waals surface area contributed by atoms with Crippen LogP contribution in [0.2, 0.25) is 0 Å². The molecule has 0 bridgehead atoms. The second-order valence-electron chi connectivity index (χ2n) is 14.0. The molecule has 0 aliphatic rings. The number of hydrogen-bond donors (Lipinski definition) is 0. The Bertz CT molecular complexity index is 953. The molecule has 0 rings (SSSR count). The van der Waals surface area contributed by atoms with Gasteiger partial charge in [-0.1, -0.05) is 156 Å². The van der Waals surface area contributed by atoms with Crippen LogP contribution in [0.4, 0.5) is 0 Å². The third kappa shape index (κ3) is 26.8. The van der Waals surface area contributed by atoms with Gasteiger partial charge in [0.05, 0.1) is 13.2 Å². The number of carbonyl (C=O) groups is 2. The number of hydrogen-bond acceptors (Lipinski definition) is 9. The van der Waals surface area contributed by atoms with Gasteiger partial charge in [-0.25, -0.2) is 9.59 Å². The van der Waals surface area contributed by atoms with E-state index in [4.69, 9.17) is 28.0 Å². The Morgan fingerprint density at radius 2 is 0.902 bits per heavy atom. The van der Waals surface area contributed by atoms with Gasteiger partial charge in [0.2, 0.25) is 12.6 Å². The van der Waals surface area contributed by atoms with E-state index in [1.54, 1.807) is 13.8 Å². The first-order chi connectivity index (χ1) is 24.5. The highest BCUT2D eigenvalue weighted by molar-refractivity contribution is 7.54. The summed E-state index contributed by atoms with van der Waals surface area (Å²) in [7, 11) is -4.30. The monoisotopic (exact) mass is 745 g/mol. The molecular formula is C41H77O9P. The molecule has 51 heavy (non-hydrogen) atoms. The molecule has 0 saturated heterocycles. The topological polar surface area (TPSA) is 107 Å².